The molecule has 0 aliphatic carbocycles. The molecule has 0 N–H and O–H groups in total. The highest BCUT2D eigenvalue weighted by Gasteiger charge is 1.99. The molecular weight excluding hydrogens is 168 g/mol. The molecule has 0 amide bonds. The Hall–Kier alpha value is -1.22. The summed E-state index contributed by atoms with van der Waals surface area (Å²) in [5.74, 6) is 0. The van der Waals surface area contributed by atoms with Gasteiger partial charge in [0.05, 0.1) is 6.20 Å². The maximum Gasteiger partial charge on any atom is 0.125 e. The van der Waals surface area contributed by atoms with E-state index in [0.29, 0.717) is 0 Å². The first-order chi connectivity index (χ1) is 5.86. The van der Waals surface area contributed by atoms with Crippen molar-refractivity contribution in [3.63, 3.8) is 0 Å². The lowest BCUT2D eigenvalue weighted by Crippen LogP contribution is -1.81. The number of hydrogen-bond donors (Lipinski definition) is 0. The van der Waals surface area contributed by atoms with E-state index in [4.69, 9.17) is 0 Å². The molecule has 2 aromatic heterocycles. The highest BCUT2D eigenvalue weighted by molar-refractivity contribution is 7.13. The molecule has 59 valence electrons. The van der Waals surface area contributed by atoms with Gasteiger partial charge in [0.2, 0.25) is 0 Å². The molecule has 2 aromatic rings. The Labute approximate surface area is 74.9 Å². The van der Waals surface area contributed by atoms with Gasteiger partial charge in [-0.1, -0.05) is 0 Å². The summed E-state index contributed by atoms with van der Waals surface area (Å²) in [6, 6.07) is 2.03. The molecule has 2 heterocycles. The molecule has 0 fully saturated rings. The van der Waals surface area contributed by atoms with Crippen LogP contribution in [0.2, 0.25) is 0 Å². The number of hydrogen-bond acceptors (Lipinski definition) is 3. The Morgan fingerprint density at radius 1 is 1.50 bits per heavy atom. The Morgan fingerprint density at radius 3 is 3.08 bits per heavy atom. The highest BCUT2D eigenvalue weighted by Crippen LogP contribution is 2.20. The second kappa shape index (κ2) is 3.03. The van der Waals surface area contributed by atoms with Gasteiger partial charge >= 0.3 is 0 Å². The topological polar surface area (TPSA) is 25.8 Å². The molecule has 0 atom stereocenters. The van der Waals surface area contributed by atoms with Gasteiger partial charge in [0, 0.05) is 23.3 Å². The monoisotopic (exact) mass is 175 g/mol. The fraction of sp³-hybridized carbons (Fsp3) is 0.111. The maximum absolute atomic E-state index is 4.17. The summed E-state index contributed by atoms with van der Waals surface area (Å²) >= 11 is 1.60. The van der Waals surface area contributed by atoms with E-state index < -0.39 is 0 Å². The first-order valence-corrected chi connectivity index (χ1v) is 4.48. The predicted octanol–water partition coefficient (Wildman–Crippen LogP) is 2.31. The van der Waals surface area contributed by atoms with E-state index >= 15 is 0 Å². The number of thiazole rings is 1. The van der Waals surface area contributed by atoms with Crippen LogP contribution >= 0.6 is 11.3 Å². The van der Waals surface area contributed by atoms with Crippen molar-refractivity contribution in [2.75, 3.05) is 0 Å². The van der Waals surface area contributed by atoms with E-state index in [1.54, 1.807) is 23.7 Å². The van der Waals surface area contributed by atoms with E-state index in [1.165, 1.54) is 0 Å². The normalized spacial score (nSPS) is 10.1. The first kappa shape index (κ1) is 7.43. The van der Waals surface area contributed by atoms with Gasteiger partial charge in [0.25, 0.3) is 0 Å². The second-order valence-electron chi connectivity index (χ2n) is 2.51. The maximum atomic E-state index is 4.17. The molecule has 0 bridgehead atoms. The van der Waals surface area contributed by atoms with Crippen LogP contribution in [0.1, 0.15) is 5.56 Å². The fourth-order valence-corrected chi connectivity index (χ4v) is 1.57. The summed E-state index contributed by atoms with van der Waals surface area (Å²) in [5.41, 5.74) is 2.11. The summed E-state index contributed by atoms with van der Waals surface area (Å²) in [6.07, 6.45) is 6.49. The van der Waals surface area contributed by atoms with Crippen LogP contribution in [-0.2, 0) is 0 Å². The minimum Gasteiger partial charge on any atom is -0.254 e. The third kappa shape index (κ3) is 1.36. The van der Waals surface area contributed by atoms with E-state index in [2.05, 4.69) is 16.2 Å². The van der Waals surface area contributed by atoms with Crippen LogP contribution in [0.25, 0.3) is 10.6 Å². The van der Waals surface area contributed by atoms with Crippen molar-refractivity contribution >= 4 is 11.3 Å². The van der Waals surface area contributed by atoms with E-state index in [9.17, 15) is 0 Å². The number of nitrogens with zero attached hydrogens (tertiary/aromatic N) is 2. The molecule has 0 aliphatic rings. The Kier molecular flexibility index (Phi) is 1.87. The lowest BCUT2D eigenvalue weighted by atomic mass is 10.2. The van der Waals surface area contributed by atoms with Crippen molar-refractivity contribution in [1.29, 1.82) is 0 Å². The number of pyridine rings is 1. The lowest BCUT2D eigenvalue weighted by Gasteiger charge is -1.94. The van der Waals surface area contributed by atoms with Crippen molar-refractivity contribution in [1.82, 2.24) is 9.97 Å². The van der Waals surface area contributed by atoms with Crippen molar-refractivity contribution in [3.8, 4) is 10.6 Å². The highest BCUT2D eigenvalue weighted by atomic mass is 32.1. The Bertz CT molecular complexity index is 368. The fourth-order valence-electron chi connectivity index (χ4n) is 0.967. The number of aryl methyl sites for hydroxylation is 1. The smallest absolute Gasteiger partial charge is 0.125 e. The average molecular weight is 175 g/mol. The van der Waals surface area contributed by atoms with Gasteiger partial charge in [-0.2, -0.15) is 0 Å². The molecule has 3 heteroatoms. The Morgan fingerprint density at radius 2 is 2.42 bits per heavy atom. The third-order valence-electron chi connectivity index (χ3n) is 1.49. The minimum absolute atomic E-state index is 0.977. The van der Waals surface area contributed by atoms with E-state index in [0.717, 1.165) is 16.1 Å². The van der Waals surface area contributed by atoms with Gasteiger partial charge in [0.15, 0.2) is 0 Å². The quantitative estimate of drug-likeness (QED) is 0.664. The van der Waals surface area contributed by atoms with Crippen LogP contribution in [-0.4, -0.2) is 9.97 Å². The predicted molar refractivity (Wildman–Crippen MR) is 48.9 cm³/mol. The van der Waals surface area contributed by atoms with Crippen LogP contribution in [0.3, 0.4) is 0 Å². The van der Waals surface area contributed by atoms with E-state index in [-0.39, 0.29) is 0 Å². The van der Waals surface area contributed by atoms with Gasteiger partial charge in [-0.3, -0.25) is 4.98 Å². The molecule has 0 saturated heterocycles. The largest absolute Gasteiger partial charge is 0.254 e. The molecule has 0 unspecified atom stereocenters. The molecular formula is C9H7N2S. The summed E-state index contributed by atoms with van der Waals surface area (Å²) in [6.45, 7) is 2.01. The summed E-state index contributed by atoms with van der Waals surface area (Å²) in [4.78, 5) is 8.16. The molecule has 2 nitrogen and oxygen atoms in total. The van der Waals surface area contributed by atoms with Gasteiger partial charge < -0.3 is 0 Å². The van der Waals surface area contributed by atoms with Crippen molar-refractivity contribution in [2.45, 2.75) is 6.92 Å². The Balaban J connectivity index is 2.48. The van der Waals surface area contributed by atoms with Crippen LogP contribution in [0, 0.1) is 13.1 Å². The lowest BCUT2D eigenvalue weighted by molar-refractivity contribution is 1.25. The van der Waals surface area contributed by atoms with E-state index in [1.807, 2.05) is 18.4 Å². The molecule has 0 aliphatic heterocycles. The zero-order valence-corrected chi connectivity index (χ0v) is 7.43. The number of aromatic nitrogens is 2. The molecule has 0 spiro atoms. The van der Waals surface area contributed by atoms with Gasteiger partial charge in [-0.25, -0.2) is 4.98 Å². The van der Waals surface area contributed by atoms with Crippen molar-refractivity contribution in [2.24, 2.45) is 0 Å². The van der Waals surface area contributed by atoms with Gasteiger partial charge in [-0.15, -0.1) is 11.3 Å². The first-order valence-electron chi connectivity index (χ1n) is 3.60. The zero-order valence-electron chi connectivity index (χ0n) is 6.61. The standard InChI is InChI=1S/C9H7N2S/c1-7-4-8(6-10-5-7)9-11-2-3-12-9/h2-5H,1H3. The molecule has 2 rings (SSSR count). The summed E-state index contributed by atoms with van der Waals surface area (Å²) in [7, 11) is 0. The molecule has 1 radical (unpaired) electrons. The second-order valence-corrected chi connectivity index (χ2v) is 3.40. The summed E-state index contributed by atoms with van der Waals surface area (Å²) < 4.78 is 0. The van der Waals surface area contributed by atoms with Crippen molar-refractivity contribution < 1.29 is 0 Å². The SMILES string of the molecule is Cc1cn[c]c(-c2nccs2)c1. The third-order valence-corrected chi connectivity index (χ3v) is 2.29. The minimum atomic E-state index is 0.977. The van der Waals surface area contributed by atoms with Crippen molar-refractivity contribution in [3.05, 3.63) is 35.6 Å². The number of rotatable bonds is 1. The van der Waals surface area contributed by atoms with Crippen LogP contribution < -0.4 is 0 Å². The van der Waals surface area contributed by atoms with Crippen LogP contribution in [0.15, 0.2) is 23.8 Å². The summed E-state index contributed by atoms with van der Waals surface area (Å²) in [5, 5.41) is 2.93. The zero-order chi connectivity index (χ0) is 8.39. The van der Waals surface area contributed by atoms with Gasteiger partial charge in [0.1, 0.15) is 5.01 Å². The average Bonchev–Trinajstić information content (AvgIpc) is 2.56. The molecule has 12 heavy (non-hydrogen) atoms. The molecule has 0 aromatic carbocycles. The van der Waals surface area contributed by atoms with Crippen LogP contribution in [0.4, 0.5) is 0 Å². The molecule has 0 saturated carbocycles. The van der Waals surface area contributed by atoms with Crippen LogP contribution in [0.5, 0.6) is 0 Å². The van der Waals surface area contributed by atoms with Gasteiger partial charge in [-0.05, 0) is 18.6 Å².